The molecule has 0 unspecified atom stereocenters. The third-order valence-electron chi connectivity index (χ3n) is 9.49. The molecule has 0 bridgehead atoms. The van der Waals surface area contributed by atoms with Gasteiger partial charge in [-0.3, -0.25) is 29.2 Å². The van der Waals surface area contributed by atoms with Crippen molar-refractivity contribution in [3.05, 3.63) is 54.1 Å². The molecule has 46 heavy (non-hydrogen) atoms. The molecular formula is C35H50N8O3. The van der Waals surface area contributed by atoms with Gasteiger partial charge in [-0.1, -0.05) is 37.1 Å². The van der Waals surface area contributed by atoms with Gasteiger partial charge in [0.05, 0.1) is 29.2 Å². The molecule has 0 aliphatic carbocycles. The molecule has 2 aromatic rings. The summed E-state index contributed by atoms with van der Waals surface area (Å²) in [6.07, 6.45) is 10.0. The van der Waals surface area contributed by atoms with Crippen molar-refractivity contribution in [3.63, 3.8) is 0 Å². The van der Waals surface area contributed by atoms with Crippen molar-refractivity contribution in [2.24, 2.45) is 22.4 Å². The van der Waals surface area contributed by atoms with Crippen LogP contribution in [0.15, 0.2) is 53.5 Å². The normalized spacial score (nSPS) is 17.8. The molecule has 2 aromatic carbocycles. The first kappa shape index (κ1) is 33.4. The molecule has 5 rings (SSSR count). The topological polar surface area (TPSA) is 149 Å². The second-order valence-electron chi connectivity index (χ2n) is 12.9. The number of nitrogens with zero attached hydrogens (tertiary/aromatic N) is 4. The van der Waals surface area contributed by atoms with Crippen LogP contribution in [-0.2, 0) is 9.59 Å². The van der Waals surface area contributed by atoms with Gasteiger partial charge < -0.3 is 27.0 Å². The lowest BCUT2D eigenvalue weighted by molar-refractivity contribution is -0.122. The molecule has 0 aromatic heterocycles. The molecule has 0 spiro atoms. The molecular weight excluding hydrogens is 580 g/mol. The number of benzene rings is 2. The molecule has 248 valence electrons. The molecule has 3 amide bonds. The van der Waals surface area contributed by atoms with Crippen LogP contribution in [0.4, 0.5) is 17.1 Å². The number of amides is 3. The second kappa shape index (κ2) is 16.6. The van der Waals surface area contributed by atoms with Crippen molar-refractivity contribution in [1.29, 1.82) is 0 Å². The van der Waals surface area contributed by atoms with Crippen LogP contribution in [-0.4, -0.2) is 85.3 Å². The number of piperidine rings is 2. The van der Waals surface area contributed by atoms with Crippen LogP contribution >= 0.6 is 0 Å². The molecule has 3 heterocycles. The fourth-order valence-electron chi connectivity index (χ4n) is 6.89. The minimum Gasteiger partial charge on any atom is -0.370 e. The molecule has 11 nitrogen and oxygen atoms in total. The number of hydrogen-bond donors (Lipinski definition) is 4. The number of carbonyl (C=O) groups is 3. The van der Waals surface area contributed by atoms with E-state index in [1.165, 1.54) is 19.3 Å². The molecule has 2 saturated heterocycles. The number of nitrogens with one attached hydrogen (secondary N) is 2. The van der Waals surface area contributed by atoms with Crippen molar-refractivity contribution in [3.8, 4) is 0 Å². The van der Waals surface area contributed by atoms with Crippen molar-refractivity contribution in [1.82, 2.24) is 15.1 Å². The third kappa shape index (κ3) is 9.29. The van der Waals surface area contributed by atoms with E-state index < -0.39 is 0 Å². The Morgan fingerprint density at radius 1 is 0.848 bits per heavy atom. The highest BCUT2D eigenvalue weighted by Crippen LogP contribution is 2.38. The lowest BCUT2D eigenvalue weighted by Crippen LogP contribution is -2.44. The quantitative estimate of drug-likeness (QED) is 0.149. The second-order valence-corrected chi connectivity index (χ2v) is 12.9. The average molecular weight is 631 g/mol. The molecule has 2 fully saturated rings. The van der Waals surface area contributed by atoms with E-state index in [1.54, 1.807) is 11.0 Å². The summed E-state index contributed by atoms with van der Waals surface area (Å²) in [5.41, 5.74) is 13.2. The third-order valence-corrected chi connectivity index (χ3v) is 9.49. The van der Waals surface area contributed by atoms with Gasteiger partial charge in [-0.2, -0.15) is 0 Å². The number of fused-ring (bicyclic) bond motifs is 2. The zero-order chi connectivity index (χ0) is 32.3. The maximum Gasteiger partial charge on any atom is 0.257 e. The van der Waals surface area contributed by atoms with Gasteiger partial charge in [-0.15, -0.1) is 0 Å². The van der Waals surface area contributed by atoms with E-state index in [-0.39, 0.29) is 29.7 Å². The summed E-state index contributed by atoms with van der Waals surface area (Å²) in [5.74, 6) is 0.719. The first-order valence-corrected chi connectivity index (χ1v) is 17.0. The molecule has 3 aliphatic rings. The number of carbonyl (C=O) groups excluding carboxylic acids is 3. The number of aliphatic imine (C=N–C) groups is 1. The maximum atomic E-state index is 13.8. The Kier molecular flexibility index (Phi) is 12.0. The van der Waals surface area contributed by atoms with E-state index in [1.807, 2.05) is 42.5 Å². The predicted octanol–water partition coefficient (Wildman–Crippen LogP) is 3.82. The molecule has 6 N–H and O–H groups in total. The number of unbranched alkanes of at least 4 members (excludes halogenated alkanes) is 2. The average Bonchev–Trinajstić information content (AvgIpc) is 3.18. The highest BCUT2D eigenvalue weighted by atomic mass is 16.2. The number of nitrogens with two attached hydrogens (primary N) is 2. The van der Waals surface area contributed by atoms with Crippen LogP contribution in [0.25, 0.3) is 0 Å². The van der Waals surface area contributed by atoms with Crippen LogP contribution in [0, 0.1) is 5.92 Å². The summed E-state index contributed by atoms with van der Waals surface area (Å²) in [6.45, 7) is 5.94. The van der Waals surface area contributed by atoms with Crippen molar-refractivity contribution >= 4 is 40.7 Å². The summed E-state index contributed by atoms with van der Waals surface area (Å²) < 4.78 is 0. The summed E-state index contributed by atoms with van der Waals surface area (Å²) >= 11 is 0. The van der Waals surface area contributed by atoms with Gasteiger partial charge in [0.2, 0.25) is 11.8 Å². The molecule has 11 heteroatoms. The minimum absolute atomic E-state index is 0.0160. The first-order valence-electron chi connectivity index (χ1n) is 17.0. The van der Waals surface area contributed by atoms with E-state index in [0.29, 0.717) is 48.1 Å². The summed E-state index contributed by atoms with van der Waals surface area (Å²) in [4.78, 5) is 49.4. The largest absolute Gasteiger partial charge is 0.370 e. The smallest absolute Gasteiger partial charge is 0.257 e. The van der Waals surface area contributed by atoms with Gasteiger partial charge >= 0.3 is 0 Å². The van der Waals surface area contributed by atoms with Crippen LogP contribution in [0.5, 0.6) is 0 Å². The van der Waals surface area contributed by atoms with Gasteiger partial charge in [-0.25, -0.2) is 0 Å². The standard InChI is InChI=1S/C35H50N8O3/c36-35(37)38-19-7-5-14-32(44)39-27-17-23-41(24-18-27)20-8-6-9-26-15-21-42(22-16-26)25-33(45)43-30-12-3-1-10-28(30)34(46)40-29-11-2-4-13-31(29)43/h1-4,10-13,26-27H,5-9,14-25H2,(H,39,44)(H,40,46)(H4,36,37,38). The monoisotopic (exact) mass is 630 g/mol. The number of anilines is 3. The van der Waals surface area contributed by atoms with E-state index in [9.17, 15) is 14.4 Å². The van der Waals surface area contributed by atoms with Crippen LogP contribution in [0.3, 0.4) is 0 Å². The lowest BCUT2D eigenvalue weighted by atomic mass is 9.91. The fourth-order valence-corrected chi connectivity index (χ4v) is 6.89. The Morgan fingerprint density at radius 2 is 1.54 bits per heavy atom. The Hall–Kier alpha value is -3.96. The number of likely N-dealkylation sites (tertiary alicyclic amines) is 2. The molecule has 3 aliphatic heterocycles. The highest BCUT2D eigenvalue weighted by molar-refractivity contribution is 6.17. The Labute approximate surface area is 272 Å². The zero-order valence-corrected chi connectivity index (χ0v) is 27.0. The number of rotatable bonds is 13. The minimum atomic E-state index is -0.198. The van der Waals surface area contributed by atoms with E-state index in [0.717, 1.165) is 71.2 Å². The fraction of sp³-hybridized carbons (Fsp3) is 0.543. The summed E-state index contributed by atoms with van der Waals surface area (Å²) in [7, 11) is 0. The SMILES string of the molecule is NC(N)=NCCCCC(=O)NC1CCN(CCCCC2CCN(CC(=O)N3c4ccccc4NC(=O)c4ccccc43)CC2)CC1. The Morgan fingerprint density at radius 3 is 2.30 bits per heavy atom. The molecule has 0 saturated carbocycles. The van der Waals surface area contributed by atoms with Gasteiger partial charge in [0.25, 0.3) is 5.91 Å². The Balaban J connectivity index is 0.973. The highest BCUT2D eigenvalue weighted by Gasteiger charge is 2.31. The van der Waals surface area contributed by atoms with Gasteiger partial charge in [0.1, 0.15) is 0 Å². The van der Waals surface area contributed by atoms with Crippen LogP contribution in [0.2, 0.25) is 0 Å². The van der Waals surface area contributed by atoms with Gasteiger partial charge in [-0.05, 0) is 94.8 Å². The van der Waals surface area contributed by atoms with Crippen molar-refractivity contribution in [2.75, 3.05) is 56.0 Å². The summed E-state index contributed by atoms with van der Waals surface area (Å²) in [6, 6.07) is 15.1. The van der Waals surface area contributed by atoms with Crippen molar-refractivity contribution in [2.45, 2.75) is 70.3 Å². The van der Waals surface area contributed by atoms with Gasteiger partial charge in [0.15, 0.2) is 5.96 Å². The van der Waals surface area contributed by atoms with Crippen LogP contribution < -0.4 is 27.0 Å². The predicted molar refractivity (Wildman–Crippen MR) is 183 cm³/mol. The van der Waals surface area contributed by atoms with Crippen molar-refractivity contribution < 1.29 is 14.4 Å². The summed E-state index contributed by atoms with van der Waals surface area (Å²) in [5, 5.41) is 6.17. The lowest BCUT2D eigenvalue weighted by Gasteiger charge is -2.34. The van der Waals surface area contributed by atoms with E-state index in [4.69, 9.17) is 11.5 Å². The zero-order valence-electron chi connectivity index (χ0n) is 27.0. The van der Waals surface area contributed by atoms with Gasteiger partial charge in [0, 0.05) is 32.1 Å². The van der Waals surface area contributed by atoms with E-state index in [2.05, 4.69) is 25.4 Å². The Bertz CT molecular complexity index is 1360. The van der Waals surface area contributed by atoms with E-state index >= 15 is 0 Å². The first-order chi connectivity index (χ1) is 22.4. The number of guanidine groups is 1. The molecule has 0 atom stereocenters. The maximum absolute atomic E-state index is 13.8. The van der Waals surface area contributed by atoms with Crippen LogP contribution in [0.1, 0.15) is 74.6 Å². The number of hydrogen-bond acceptors (Lipinski definition) is 6. The number of para-hydroxylation sites is 3. The molecule has 0 radical (unpaired) electrons.